The smallest absolute Gasteiger partial charge is 0.329 e. The first-order valence-electron chi connectivity index (χ1n) is 5.59. The van der Waals surface area contributed by atoms with Gasteiger partial charge in [0, 0.05) is 4.47 Å². The van der Waals surface area contributed by atoms with Gasteiger partial charge < -0.3 is 9.73 Å². The molecule has 0 saturated heterocycles. The molecule has 20 heavy (non-hydrogen) atoms. The van der Waals surface area contributed by atoms with E-state index in [1.807, 2.05) is 0 Å². The van der Waals surface area contributed by atoms with Gasteiger partial charge in [0.1, 0.15) is 5.76 Å². The van der Waals surface area contributed by atoms with Crippen molar-refractivity contribution in [3.8, 4) is 0 Å². The molecule has 0 aliphatic carbocycles. The summed E-state index contributed by atoms with van der Waals surface area (Å²) in [4.78, 5) is 23.1. The highest BCUT2D eigenvalue weighted by Gasteiger charge is 2.13. The van der Waals surface area contributed by atoms with Crippen molar-refractivity contribution in [1.82, 2.24) is 5.43 Å². The Balaban J connectivity index is 1.89. The van der Waals surface area contributed by atoms with Gasteiger partial charge >= 0.3 is 11.8 Å². The second kappa shape index (κ2) is 6.67. The Bertz CT molecular complexity index is 638. The number of benzene rings is 1. The largest absolute Gasteiger partial charge is 0.463 e. The average Bonchev–Trinajstić information content (AvgIpc) is 2.94. The van der Waals surface area contributed by atoms with Crippen LogP contribution in [0.3, 0.4) is 0 Å². The molecule has 0 atom stereocenters. The monoisotopic (exact) mass is 335 g/mol. The first-order valence-corrected chi connectivity index (χ1v) is 6.38. The van der Waals surface area contributed by atoms with Gasteiger partial charge in [-0.15, -0.1) is 0 Å². The van der Waals surface area contributed by atoms with Gasteiger partial charge in [0.25, 0.3) is 0 Å². The molecule has 0 unspecified atom stereocenters. The summed E-state index contributed by atoms with van der Waals surface area (Å²) in [7, 11) is 0. The van der Waals surface area contributed by atoms with E-state index in [4.69, 9.17) is 4.42 Å². The fraction of sp³-hybridized carbons (Fsp3) is 0. The van der Waals surface area contributed by atoms with E-state index in [9.17, 15) is 9.59 Å². The first kappa shape index (κ1) is 14.0. The number of halogens is 1. The number of furan rings is 1. The Hall–Kier alpha value is -2.41. The lowest BCUT2D eigenvalue weighted by molar-refractivity contribution is -0.136. The number of hydrogen-bond donors (Lipinski definition) is 2. The maximum Gasteiger partial charge on any atom is 0.329 e. The van der Waals surface area contributed by atoms with Gasteiger partial charge in [-0.1, -0.05) is 12.1 Å². The molecule has 1 aromatic heterocycles. The fourth-order valence-corrected chi connectivity index (χ4v) is 1.70. The number of rotatable bonds is 3. The summed E-state index contributed by atoms with van der Waals surface area (Å²) in [5.74, 6) is -1.21. The third kappa shape index (κ3) is 3.79. The van der Waals surface area contributed by atoms with Gasteiger partial charge in [-0.2, -0.15) is 5.10 Å². The summed E-state index contributed by atoms with van der Waals surface area (Å²) < 4.78 is 5.66. The minimum Gasteiger partial charge on any atom is -0.463 e. The number of hydrazone groups is 1. The molecule has 1 heterocycles. The van der Waals surface area contributed by atoms with Crippen molar-refractivity contribution in [3.05, 3.63) is 52.9 Å². The zero-order valence-electron chi connectivity index (χ0n) is 10.2. The minimum atomic E-state index is -0.872. The quantitative estimate of drug-likeness (QED) is 0.512. The molecule has 2 rings (SSSR count). The molecule has 0 bridgehead atoms. The number of amides is 2. The van der Waals surface area contributed by atoms with Gasteiger partial charge in [-0.25, -0.2) is 5.43 Å². The molecule has 1 aromatic carbocycles. The number of nitrogens with zero attached hydrogens (tertiary/aromatic N) is 1. The molecule has 6 nitrogen and oxygen atoms in total. The van der Waals surface area contributed by atoms with Crippen LogP contribution in [0.1, 0.15) is 5.76 Å². The van der Waals surface area contributed by atoms with E-state index in [0.717, 1.165) is 0 Å². The molecule has 0 radical (unpaired) electrons. The first-order chi connectivity index (χ1) is 9.66. The summed E-state index contributed by atoms with van der Waals surface area (Å²) in [6.45, 7) is 0. The summed E-state index contributed by atoms with van der Waals surface area (Å²) in [6.07, 6.45) is 2.77. The summed E-state index contributed by atoms with van der Waals surface area (Å²) in [6, 6.07) is 10.3. The molecule has 102 valence electrons. The van der Waals surface area contributed by atoms with Gasteiger partial charge in [0.2, 0.25) is 0 Å². The molecular weight excluding hydrogens is 326 g/mol. The van der Waals surface area contributed by atoms with E-state index in [2.05, 4.69) is 31.8 Å². The number of hydrogen-bond acceptors (Lipinski definition) is 4. The van der Waals surface area contributed by atoms with Crippen LogP contribution in [0.5, 0.6) is 0 Å². The summed E-state index contributed by atoms with van der Waals surface area (Å²) >= 11 is 3.26. The summed E-state index contributed by atoms with van der Waals surface area (Å²) in [5.41, 5.74) is 2.61. The Morgan fingerprint density at radius 2 is 1.95 bits per heavy atom. The average molecular weight is 336 g/mol. The van der Waals surface area contributed by atoms with Crippen LogP contribution in [-0.4, -0.2) is 18.0 Å². The third-order valence-electron chi connectivity index (χ3n) is 2.23. The molecule has 0 fully saturated rings. The SMILES string of the molecule is O=C(N/N=C/c1ccco1)C(=O)Nc1ccccc1Br. The molecule has 2 aromatic rings. The van der Waals surface area contributed by atoms with Crippen molar-refractivity contribution in [1.29, 1.82) is 0 Å². The molecule has 2 amide bonds. The van der Waals surface area contributed by atoms with Gasteiger partial charge in [-0.05, 0) is 40.2 Å². The molecular formula is C13H10BrN3O3. The number of nitrogens with one attached hydrogen (secondary N) is 2. The van der Waals surface area contributed by atoms with E-state index >= 15 is 0 Å². The van der Waals surface area contributed by atoms with E-state index in [-0.39, 0.29) is 0 Å². The van der Waals surface area contributed by atoms with Crippen molar-refractivity contribution in [3.63, 3.8) is 0 Å². The second-order valence-electron chi connectivity index (χ2n) is 3.65. The lowest BCUT2D eigenvalue weighted by atomic mass is 10.3. The number of carbonyl (C=O) groups excluding carboxylic acids is 2. The normalized spacial score (nSPS) is 10.4. The van der Waals surface area contributed by atoms with Crippen molar-refractivity contribution in [2.75, 3.05) is 5.32 Å². The Kier molecular flexibility index (Phi) is 4.67. The molecule has 0 aliphatic rings. The van der Waals surface area contributed by atoms with Crippen LogP contribution in [0, 0.1) is 0 Å². The number of carbonyl (C=O) groups is 2. The Morgan fingerprint density at radius 1 is 1.15 bits per heavy atom. The highest BCUT2D eigenvalue weighted by atomic mass is 79.9. The van der Waals surface area contributed by atoms with Gasteiger partial charge in [0.15, 0.2) is 0 Å². The predicted octanol–water partition coefficient (Wildman–Crippen LogP) is 2.13. The zero-order valence-corrected chi connectivity index (χ0v) is 11.8. The molecule has 0 spiro atoms. The highest BCUT2D eigenvalue weighted by Crippen LogP contribution is 2.20. The maximum absolute atomic E-state index is 11.6. The molecule has 2 N–H and O–H groups in total. The Morgan fingerprint density at radius 3 is 2.65 bits per heavy atom. The summed E-state index contributed by atoms with van der Waals surface area (Å²) in [5, 5.41) is 6.07. The third-order valence-corrected chi connectivity index (χ3v) is 2.92. The lowest BCUT2D eigenvalue weighted by Crippen LogP contribution is -2.32. The number of anilines is 1. The van der Waals surface area contributed by atoms with Crippen LogP contribution in [-0.2, 0) is 9.59 Å². The Labute approximate surface area is 123 Å². The van der Waals surface area contributed by atoms with Crippen LogP contribution in [0.25, 0.3) is 0 Å². The van der Waals surface area contributed by atoms with Crippen molar-refractivity contribution >= 4 is 39.6 Å². The van der Waals surface area contributed by atoms with E-state index in [1.54, 1.807) is 36.4 Å². The van der Waals surface area contributed by atoms with Crippen LogP contribution in [0.2, 0.25) is 0 Å². The van der Waals surface area contributed by atoms with Crippen LogP contribution in [0.15, 0.2) is 56.7 Å². The zero-order chi connectivity index (χ0) is 14.4. The van der Waals surface area contributed by atoms with E-state index < -0.39 is 11.8 Å². The van der Waals surface area contributed by atoms with Gasteiger partial charge in [-0.3, -0.25) is 9.59 Å². The lowest BCUT2D eigenvalue weighted by Gasteiger charge is -2.05. The molecule has 7 heteroatoms. The molecule has 0 saturated carbocycles. The van der Waals surface area contributed by atoms with Crippen molar-refractivity contribution in [2.45, 2.75) is 0 Å². The van der Waals surface area contributed by atoms with Crippen molar-refractivity contribution < 1.29 is 14.0 Å². The second-order valence-corrected chi connectivity index (χ2v) is 4.50. The van der Waals surface area contributed by atoms with Crippen molar-refractivity contribution in [2.24, 2.45) is 5.10 Å². The predicted molar refractivity (Wildman–Crippen MR) is 77.2 cm³/mol. The number of para-hydroxylation sites is 1. The fourth-order valence-electron chi connectivity index (χ4n) is 1.31. The van der Waals surface area contributed by atoms with Crippen LogP contribution >= 0.6 is 15.9 Å². The minimum absolute atomic E-state index is 0.469. The topological polar surface area (TPSA) is 83.7 Å². The van der Waals surface area contributed by atoms with E-state index in [0.29, 0.717) is 15.9 Å². The molecule has 0 aliphatic heterocycles. The van der Waals surface area contributed by atoms with Crippen LogP contribution in [0.4, 0.5) is 5.69 Å². The van der Waals surface area contributed by atoms with E-state index in [1.165, 1.54) is 12.5 Å². The standard InChI is InChI=1S/C13H10BrN3O3/c14-10-5-1-2-6-11(10)16-12(18)13(19)17-15-8-9-4-3-7-20-9/h1-8H,(H,16,18)(H,17,19)/b15-8+. The van der Waals surface area contributed by atoms with Gasteiger partial charge in [0.05, 0.1) is 18.2 Å². The van der Waals surface area contributed by atoms with Crippen LogP contribution < -0.4 is 10.7 Å². The highest BCUT2D eigenvalue weighted by molar-refractivity contribution is 9.10. The maximum atomic E-state index is 11.6.